The van der Waals surface area contributed by atoms with Gasteiger partial charge in [-0.1, -0.05) is 44.2 Å². The Morgan fingerprint density at radius 3 is 2.66 bits per heavy atom. The van der Waals surface area contributed by atoms with Crippen LogP contribution in [0.5, 0.6) is 0 Å². The van der Waals surface area contributed by atoms with E-state index in [1.54, 1.807) is 0 Å². The molecule has 0 bridgehead atoms. The largest absolute Gasteiger partial charge is 0.461 e. The number of rotatable bonds is 8. The predicted molar refractivity (Wildman–Crippen MR) is 123 cm³/mol. The molecule has 1 aromatic rings. The van der Waals surface area contributed by atoms with Crippen LogP contribution in [0.1, 0.15) is 65.4 Å². The Bertz CT molecular complexity index is 769. The maximum absolute atomic E-state index is 13.1. The Morgan fingerprint density at radius 2 is 1.97 bits per heavy atom. The van der Waals surface area contributed by atoms with Gasteiger partial charge in [0.2, 0.25) is 5.79 Å². The third-order valence-corrected chi connectivity index (χ3v) is 7.12. The molecule has 1 N–H and O–H groups in total. The number of hydrogen-bond acceptors (Lipinski definition) is 6. The van der Waals surface area contributed by atoms with Crippen molar-refractivity contribution in [1.29, 1.82) is 0 Å². The molecule has 32 heavy (non-hydrogen) atoms. The number of esters is 1. The van der Waals surface area contributed by atoms with Crippen LogP contribution in [-0.2, 0) is 25.5 Å². The van der Waals surface area contributed by atoms with Crippen molar-refractivity contribution in [1.82, 2.24) is 4.90 Å². The third-order valence-electron chi connectivity index (χ3n) is 7.12. The highest BCUT2D eigenvalue weighted by Crippen LogP contribution is 2.30. The molecule has 2 fully saturated rings. The molecule has 2 unspecified atom stereocenters. The SMILES string of the molecule is CC[C@H](Cc1ccccc1)[C@H](C)OC(=O)[C@@H]1CCCN1CC1(O)OC(C)CC[C@@H](C)C1=O. The summed E-state index contributed by atoms with van der Waals surface area (Å²) in [6, 6.07) is 9.79. The summed E-state index contributed by atoms with van der Waals surface area (Å²) in [6.07, 6.45) is 4.28. The zero-order chi connectivity index (χ0) is 23.3. The first-order valence-corrected chi connectivity index (χ1v) is 12.2. The van der Waals surface area contributed by atoms with Gasteiger partial charge in [0.25, 0.3) is 0 Å². The molecule has 1 aromatic carbocycles. The molecular formula is C26H39NO5. The molecule has 2 saturated heterocycles. The van der Waals surface area contributed by atoms with Crippen LogP contribution in [0.3, 0.4) is 0 Å². The van der Waals surface area contributed by atoms with Gasteiger partial charge in [0, 0.05) is 5.92 Å². The summed E-state index contributed by atoms with van der Waals surface area (Å²) in [7, 11) is 0. The van der Waals surface area contributed by atoms with Crippen LogP contribution in [0.4, 0.5) is 0 Å². The minimum Gasteiger partial charge on any atom is -0.461 e. The molecular weight excluding hydrogens is 406 g/mol. The first-order chi connectivity index (χ1) is 15.2. The summed E-state index contributed by atoms with van der Waals surface area (Å²) in [5, 5.41) is 11.1. The van der Waals surface area contributed by atoms with Crippen LogP contribution < -0.4 is 0 Å². The Hall–Kier alpha value is -1.76. The lowest BCUT2D eigenvalue weighted by molar-refractivity contribution is -0.226. The zero-order valence-corrected chi connectivity index (χ0v) is 20.0. The van der Waals surface area contributed by atoms with Crippen LogP contribution in [0.15, 0.2) is 30.3 Å². The quantitative estimate of drug-likeness (QED) is 0.615. The summed E-state index contributed by atoms with van der Waals surface area (Å²) in [6.45, 7) is 8.44. The molecule has 0 spiro atoms. The van der Waals surface area contributed by atoms with Gasteiger partial charge < -0.3 is 14.6 Å². The van der Waals surface area contributed by atoms with Gasteiger partial charge in [0.1, 0.15) is 12.1 Å². The fourth-order valence-electron chi connectivity index (χ4n) is 5.04. The lowest BCUT2D eigenvalue weighted by Crippen LogP contribution is -2.55. The lowest BCUT2D eigenvalue weighted by Gasteiger charge is -2.35. The van der Waals surface area contributed by atoms with Crippen molar-refractivity contribution in [3.05, 3.63) is 35.9 Å². The van der Waals surface area contributed by atoms with E-state index in [0.717, 1.165) is 25.7 Å². The van der Waals surface area contributed by atoms with E-state index in [9.17, 15) is 14.7 Å². The van der Waals surface area contributed by atoms with Gasteiger partial charge in [0.05, 0.1) is 12.6 Å². The minimum atomic E-state index is -1.87. The number of ketones is 1. The topological polar surface area (TPSA) is 76.1 Å². The van der Waals surface area contributed by atoms with Gasteiger partial charge in [-0.3, -0.25) is 14.5 Å². The van der Waals surface area contributed by atoms with E-state index in [0.29, 0.717) is 19.4 Å². The number of Topliss-reactive ketones (excluding diaryl/α,β-unsaturated/α-hetero) is 1. The van der Waals surface area contributed by atoms with Crippen LogP contribution in [0.2, 0.25) is 0 Å². The van der Waals surface area contributed by atoms with E-state index < -0.39 is 11.8 Å². The fraction of sp³-hybridized carbons (Fsp3) is 0.692. The number of likely N-dealkylation sites (tertiary alicyclic amines) is 1. The maximum Gasteiger partial charge on any atom is 0.323 e. The van der Waals surface area contributed by atoms with Gasteiger partial charge in [-0.05, 0) is 70.4 Å². The molecule has 6 heteroatoms. The van der Waals surface area contributed by atoms with Crippen LogP contribution in [-0.4, -0.2) is 58.9 Å². The van der Waals surface area contributed by atoms with E-state index in [-0.39, 0.29) is 42.3 Å². The predicted octanol–water partition coefficient (Wildman–Crippen LogP) is 3.74. The standard InChI is InChI=1S/C26H39NO5/c1-5-22(16-21-10-7-6-8-11-21)20(4)31-25(29)23-12-9-15-27(23)17-26(30)24(28)18(2)13-14-19(3)32-26/h6-8,10-11,18-20,22-23,30H,5,9,12-17H2,1-4H3/t18-,19?,20+,22-,23+,26?/m1/s1. The van der Waals surface area contributed by atoms with Gasteiger partial charge in [-0.2, -0.15) is 0 Å². The van der Waals surface area contributed by atoms with Crippen molar-refractivity contribution >= 4 is 11.8 Å². The average Bonchev–Trinajstić information content (AvgIpc) is 3.20. The van der Waals surface area contributed by atoms with Crippen molar-refractivity contribution in [2.75, 3.05) is 13.1 Å². The number of hydrogen-bond donors (Lipinski definition) is 1. The summed E-state index contributed by atoms with van der Waals surface area (Å²) in [5.74, 6) is -2.46. The zero-order valence-electron chi connectivity index (χ0n) is 20.0. The van der Waals surface area contributed by atoms with E-state index in [4.69, 9.17) is 9.47 Å². The molecule has 0 aromatic heterocycles. The first-order valence-electron chi connectivity index (χ1n) is 12.2. The number of benzene rings is 1. The molecule has 0 aliphatic carbocycles. The van der Waals surface area contributed by atoms with E-state index in [1.165, 1.54) is 5.56 Å². The van der Waals surface area contributed by atoms with Gasteiger partial charge >= 0.3 is 5.97 Å². The minimum absolute atomic E-state index is 0.00980. The molecule has 178 valence electrons. The lowest BCUT2D eigenvalue weighted by atomic mass is 9.92. The van der Waals surface area contributed by atoms with Crippen molar-refractivity contribution in [2.24, 2.45) is 11.8 Å². The molecule has 6 atom stereocenters. The number of carbonyl (C=O) groups excluding carboxylic acids is 2. The Morgan fingerprint density at radius 1 is 1.25 bits per heavy atom. The highest BCUT2D eigenvalue weighted by Gasteiger charge is 2.47. The molecule has 2 aliphatic rings. The molecule has 6 nitrogen and oxygen atoms in total. The normalized spacial score (nSPS) is 31.2. The van der Waals surface area contributed by atoms with Gasteiger partial charge in [-0.15, -0.1) is 0 Å². The van der Waals surface area contributed by atoms with Gasteiger partial charge in [-0.25, -0.2) is 0 Å². The highest BCUT2D eigenvalue weighted by molar-refractivity contribution is 5.88. The van der Waals surface area contributed by atoms with Gasteiger partial charge in [0.15, 0.2) is 5.78 Å². The van der Waals surface area contributed by atoms with Crippen molar-refractivity contribution in [2.45, 2.75) is 90.3 Å². The second-order valence-electron chi connectivity index (χ2n) is 9.68. The summed E-state index contributed by atoms with van der Waals surface area (Å²) in [4.78, 5) is 27.8. The van der Waals surface area contributed by atoms with Crippen molar-refractivity contribution in [3.8, 4) is 0 Å². The van der Waals surface area contributed by atoms with Crippen LogP contribution in [0, 0.1) is 11.8 Å². The van der Waals surface area contributed by atoms with Crippen LogP contribution in [0.25, 0.3) is 0 Å². The maximum atomic E-state index is 13.1. The van der Waals surface area contributed by atoms with Crippen LogP contribution >= 0.6 is 0 Å². The monoisotopic (exact) mass is 445 g/mol. The number of ether oxygens (including phenoxy) is 2. The number of carbonyl (C=O) groups is 2. The molecule has 2 aliphatic heterocycles. The Balaban J connectivity index is 1.63. The molecule has 3 rings (SSSR count). The fourth-order valence-corrected chi connectivity index (χ4v) is 5.04. The van der Waals surface area contributed by atoms with E-state index >= 15 is 0 Å². The molecule has 0 saturated carbocycles. The number of β-amino-alcohol motifs (C(OH)–C–C–N with tert-alkyl or cyclic N) is 1. The van der Waals surface area contributed by atoms with Crippen molar-refractivity contribution in [3.63, 3.8) is 0 Å². The molecule has 0 radical (unpaired) electrons. The second kappa shape index (κ2) is 10.9. The van der Waals surface area contributed by atoms with E-state index in [1.807, 2.05) is 43.9 Å². The molecule has 0 amide bonds. The molecule has 2 heterocycles. The summed E-state index contributed by atoms with van der Waals surface area (Å²) < 4.78 is 11.7. The van der Waals surface area contributed by atoms with E-state index in [2.05, 4.69) is 19.1 Å². The third kappa shape index (κ3) is 5.97. The summed E-state index contributed by atoms with van der Waals surface area (Å²) in [5.41, 5.74) is 1.24. The second-order valence-corrected chi connectivity index (χ2v) is 9.68. The smallest absolute Gasteiger partial charge is 0.323 e. The summed E-state index contributed by atoms with van der Waals surface area (Å²) >= 11 is 0. The number of aliphatic hydroxyl groups is 1. The Labute approximate surface area is 192 Å². The number of nitrogens with zero attached hydrogens (tertiary/aromatic N) is 1. The highest BCUT2D eigenvalue weighted by atomic mass is 16.6. The van der Waals surface area contributed by atoms with Crippen molar-refractivity contribution < 1.29 is 24.2 Å². The Kier molecular flexibility index (Phi) is 8.48. The average molecular weight is 446 g/mol. The first kappa shape index (κ1) is 24.9.